The third kappa shape index (κ3) is 2.38. The van der Waals surface area contributed by atoms with Crippen molar-refractivity contribution in [1.82, 2.24) is 0 Å². The van der Waals surface area contributed by atoms with Crippen LogP contribution in [0.1, 0.15) is 19.8 Å². The zero-order valence-electron chi connectivity index (χ0n) is 10.3. The number of aliphatic hydroxyl groups is 1. The quantitative estimate of drug-likeness (QED) is 0.531. The first-order valence-electron chi connectivity index (χ1n) is 6.02. The molecule has 0 saturated heterocycles. The van der Waals surface area contributed by atoms with Gasteiger partial charge in [0, 0.05) is 6.54 Å². The number of rotatable bonds is 6. The Morgan fingerprint density at radius 3 is 2.61 bits per heavy atom. The Morgan fingerprint density at radius 1 is 1.44 bits per heavy atom. The van der Waals surface area contributed by atoms with Gasteiger partial charge in [0.2, 0.25) is 0 Å². The summed E-state index contributed by atoms with van der Waals surface area (Å²) in [6, 6.07) is 5.13. The summed E-state index contributed by atoms with van der Waals surface area (Å²) in [5.74, 6) is 0. The van der Waals surface area contributed by atoms with Crippen molar-refractivity contribution in [2.24, 2.45) is 0 Å². The van der Waals surface area contributed by atoms with Crippen molar-refractivity contribution in [1.29, 1.82) is 0 Å². The Balaban J connectivity index is 2.33. The SMILES string of the molecule is CCNc1cccc(NC2(CO)CC2)c1[N+](=O)[O-]. The third-order valence-corrected chi connectivity index (χ3v) is 3.14. The van der Waals surface area contributed by atoms with E-state index < -0.39 is 4.92 Å². The first kappa shape index (κ1) is 12.6. The van der Waals surface area contributed by atoms with Gasteiger partial charge in [0.1, 0.15) is 11.4 Å². The molecular weight excluding hydrogens is 234 g/mol. The van der Waals surface area contributed by atoms with E-state index in [4.69, 9.17) is 0 Å². The second-order valence-corrected chi connectivity index (χ2v) is 4.55. The molecule has 1 fully saturated rings. The number of hydrogen-bond acceptors (Lipinski definition) is 5. The van der Waals surface area contributed by atoms with Gasteiger partial charge in [-0.2, -0.15) is 0 Å². The van der Waals surface area contributed by atoms with E-state index in [0.29, 0.717) is 17.9 Å². The molecule has 0 radical (unpaired) electrons. The number of benzene rings is 1. The molecule has 0 bridgehead atoms. The summed E-state index contributed by atoms with van der Waals surface area (Å²) in [7, 11) is 0. The van der Waals surface area contributed by atoms with Crippen LogP contribution in [-0.4, -0.2) is 28.7 Å². The van der Waals surface area contributed by atoms with Crippen molar-refractivity contribution >= 4 is 17.1 Å². The molecular formula is C12H17N3O3. The zero-order valence-corrected chi connectivity index (χ0v) is 10.3. The summed E-state index contributed by atoms with van der Waals surface area (Å²) in [6.45, 7) is 2.50. The number of nitro groups is 1. The molecule has 98 valence electrons. The summed E-state index contributed by atoms with van der Waals surface area (Å²) in [4.78, 5) is 10.8. The molecule has 0 atom stereocenters. The summed E-state index contributed by atoms with van der Waals surface area (Å²) in [5.41, 5.74) is 0.639. The Morgan fingerprint density at radius 2 is 2.11 bits per heavy atom. The average Bonchev–Trinajstić information content (AvgIpc) is 3.10. The molecule has 0 aliphatic heterocycles. The van der Waals surface area contributed by atoms with Gasteiger partial charge in [-0.05, 0) is 31.9 Å². The van der Waals surface area contributed by atoms with Crippen LogP contribution in [0.3, 0.4) is 0 Å². The molecule has 2 rings (SSSR count). The van der Waals surface area contributed by atoms with Crippen molar-refractivity contribution in [2.45, 2.75) is 25.3 Å². The molecule has 0 spiro atoms. The van der Waals surface area contributed by atoms with E-state index in [1.807, 2.05) is 6.92 Å². The minimum absolute atomic E-state index is 0.00438. The largest absolute Gasteiger partial charge is 0.394 e. The molecule has 18 heavy (non-hydrogen) atoms. The predicted molar refractivity (Wildman–Crippen MR) is 69.9 cm³/mol. The van der Waals surface area contributed by atoms with E-state index in [1.54, 1.807) is 18.2 Å². The maximum Gasteiger partial charge on any atom is 0.315 e. The number of hydrogen-bond donors (Lipinski definition) is 3. The fourth-order valence-electron chi connectivity index (χ4n) is 1.93. The van der Waals surface area contributed by atoms with Crippen LogP contribution in [0.5, 0.6) is 0 Å². The second kappa shape index (κ2) is 4.81. The van der Waals surface area contributed by atoms with E-state index in [0.717, 1.165) is 12.8 Å². The number of nitrogens with zero attached hydrogens (tertiary/aromatic N) is 1. The molecule has 1 aliphatic rings. The van der Waals surface area contributed by atoms with Gasteiger partial charge in [-0.25, -0.2) is 0 Å². The fourth-order valence-corrected chi connectivity index (χ4v) is 1.93. The van der Waals surface area contributed by atoms with Gasteiger partial charge in [-0.3, -0.25) is 10.1 Å². The minimum atomic E-state index is -0.395. The zero-order chi connectivity index (χ0) is 13.2. The van der Waals surface area contributed by atoms with Crippen molar-refractivity contribution < 1.29 is 10.0 Å². The fraction of sp³-hybridized carbons (Fsp3) is 0.500. The lowest BCUT2D eigenvalue weighted by atomic mass is 10.2. The topological polar surface area (TPSA) is 87.4 Å². The lowest BCUT2D eigenvalue weighted by Crippen LogP contribution is -2.26. The number of anilines is 2. The van der Waals surface area contributed by atoms with Gasteiger partial charge >= 0.3 is 5.69 Å². The molecule has 1 aliphatic carbocycles. The monoisotopic (exact) mass is 251 g/mol. The van der Waals surface area contributed by atoms with Gasteiger partial charge < -0.3 is 15.7 Å². The van der Waals surface area contributed by atoms with Crippen LogP contribution < -0.4 is 10.6 Å². The molecule has 6 nitrogen and oxygen atoms in total. The third-order valence-electron chi connectivity index (χ3n) is 3.14. The highest BCUT2D eigenvalue weighted by Gasteiger charge is 2.43. The van der Waals surface area contributed by atoms with Crippen molar-refractivity contribution in [2.75, 3.05) is 23.8 Å². The molecule has 0 heterocycles. The second-order valence-electron chi connectivity index (χ2n) is 4.55. The van der Waals surface area contributed by atoms with Crippen LogP contribution in [-0.2, 0) is 0 Å². The standard InChI is InChI=1S/C12H17N3O3/c1-2-13-9-4-3-5-10(11(9)15(17)18)14-12(8-16)6-7-12/h3-5,13-14,16H,2,6-8H2,1H3. The molecule has 0 aromatic heterocycles. The van der Waals surface area contributed by atoms with Crippen molar-refractivity contribution in [3.8, 4) is 0 Å². The smallest absolute Gasteiger partial charge is 0.315 e. The first-order valence-corrected chi connectivity index (χ1v) is 6.02. The Bertz CT molecular complexity index is 458. The highest BCUT2D eigenvalue weighted by molar-refractivity contribution is 5.77. The molecule has 1 saturated carbocycles. The number of nitro benzene ring substituents is 1. The van der Waals surface area contributed by atoms with E-state index in [-0.39, 0.29) is 17.8 Å². The molecule has 1 aromatic rings. The lowest BCUT2D eigenvalue weighted by Gasteiger charge is -2.17. The van der Waals surface area contributed by atoms with Gasteiger partial charge in [0.05, 0.1) is 17.1 Å². The van der Waals surface area contributed by atoms with Crippen molar-refractivity contribution in [3.63, 3.8) is 0 Å². The highest BCUT2D eigenvalue weighted by Crippen LogP contribution is 2.42. The normalized spacial score (nSPS) is 16.1. The molecule has 1 aromatic carbocycles. The lowest BCUT2D eigenvalue weighted by molar-refractivity contribution is -0.383. The van der Waals surface area contributed by atoms with E-state index in [1.165, 1.54) is 0 Å². The van der Waals surface area contributed by atoms with Crippen LogP contribution in [0.4, 0.5) is 17.1 Å². The molecule has 0 unspecified atom stereocenters. The summed E-state index contributed by atoms with van der Waals surface area (Å²) >= 11 is 0. The molecule has 6 heteroatoms. The predicted octanol–water partition coefficient (Wildman–Crippen LogP) is 1.96. The Kier molecular flexibility index (Phi) is 3.38. The first-order chi connectivity index (χ1) is 8.62. The number of aliphatic hydroxyl groups excluding tert-OH is 1. The molecule has 3 N–H and O–H groups in total. The van der Waals surface area contributed by atoms with Crippen LogP contribution in [0.15, 0.2) is 18.2 Å². The van der Waals surface area contributed by atoms with Crippen LogP contribution in [0.2, 0.25) is 0 Å². The van der Waals surface area contributed by atoms with Gasteiger partial charge in [0.15, 0.2) is 0 Å². The van der Waals surface area contributed by atoms with Crippen molar-refractivity contribution in [3.05, 3.63) is 28.3 Å². The van der Waals surface area contributed by atoms with Gasteiger partial charge in [-0.1, -0.05) is 6.07 Å². The average molecular weight is 251 g/mol. The summed E-state index contributed by atoms with van der Waals surface area (Å²) in [6.07, 6.45) is 1.68. The maximum absolute atomic E-state index is 11.2. The summed E-state index contributed by atoms with van der Waals surface area (Å²) < 4.78 is 0. The number of para-hydroxylation sites is 1. The number of nitrogens with one attached hydrogen (secondary N) is 2. The molecule has 0 amide bonds. The summed E-state index contributed by atoms with van der Waals surface area (Å²) in [5, 5.41) is 26.5. The van der Waals surface area contributed by atoms with E-state index in [2.05, 4.69) is 10.6 Å². The minimum Gasteiger partial charge on any atom is -0.394 e. The van der Waals surface area contributed by atoms with E-state index >= 15 is 0 Å². The van der Waals surface area contributed by atoms with Gasteiger partial charge in [-0.15, -0.1) is 0 Å². The van der Waals surface area contributed by atoms with Gasteiger partial charge in [0.25, 0.3) is 0 Å². The Labute approximate surface area is 105 Å². The Hall–Kier alpha value is -1.82. The maximum atomic E-state index is 11.2. The van der Waals surface area contributed by atoms with Crippen LogP contribution in [0, 0.1) is 10.1 Å². The van der Waals surface area contributed by atoms with E-state index in [9.17, 15) is 15.2 Å². The van der Waals surface area contributed by atoms with Crippen LogP contribution >= 0.6 is 0 Å². The van der Waals surface area contributed by atoms with Crippen LogP contribution in [0.25, 0.3) is 0 Å². The highest BCUT2D eigenvalue weighted by atomic mass is 16.6.